The van der Waals surface area contributed by atoms with Crippen molar-refractivity contribution in [2.24, 2.45) is 5.92 Å². The molecule has 0 radical (unpaired) electrons. The Kier molecular flexibility index (Phi) is 7.23. The molecule has 1 amide bonds. The normalized spacial score (nSPS) is 12.7. The van der Waals surface area contributed by atoms with Crippen LogP contribution in [0.15, 0.2) is 47.5 Å². The molecule has 28 heavy (non-hydrogen) atoms. The number of benzene rings is 1. The molecule has 0 fully saturated rings. The molecule has 1 N–H and O–H groups in total. The van der Waals surface area contributed by atoms with Crippen LogP contribution in [0.25, 0.3) is 0 Å². The second kappa shape index (κ2) is 9.23. The molecule has 8 heteroatoms. The SMILES string of the molecule is CC(C)C(=O)Cc1cc(C(=O)NC(C)c2cccc(SC(F)(F)F)c2)ccn1. The van der Waals surface area contributed by atoms with Crippen molar-refractivity contribution < 1.29 is 22.8 Å². The van der Waals surface area contributed by atoms with Gasteiger partial charge in [-0.05, 0) is 48.5 Å². The Hall–Kier alpha value is -2.35. The Labute approximate surface area is 165 Å². The van der Waals surface area contributed by atoms with Crippen molar-refractivity contribution in [3.05, 3.63) is 59.4 Å². The van der Waals surface area contributed by atoms with Gasteiger partial charge in [0, 0.05) is 34.7 Å². The number of carbonyl (C=O) groups is 2. The number of nitrogens with zero attached hydrogens (tertiary/aromatic N) is 1. The predicted octanol–water partition coefficient (Wildman–Crippen LogP) is 4.95. The molecule has 0 aliphatic heterocycles. The second-order valence-electron chi connectivity index (χ2n) is 6.65. The quantitative estimate of drug-likeness (QED) is 0.656. The third kappa shape index (κ3) is 6.67. The number of alkyl halides is 3. The summed E-state index contributed by atoms with van der Waals surface area (Å²) in [6.45, 7) is 5.29. The van der Waals surface area contributed by atoms with Crippen LogP contribution >= 0.6 is 11.8 Å². The first-order valence-corrected chi connectivity index (χ1v) is 9.51. The van der Waals surface area contributed by atoms with Crippen LogP contribution in [0.1, 0.15) is 48.4 Å². The molecule has 0 spiro atoms. The first kappa shape index (κ1) is 21.9. The molecule has 1 aromatic heterocycles. The van der Waals surface area contributed by atoms with Crippen molar-refractivity contribution in [2.75, 3.05) is 0 Å². The predicted molar refractivity (Wildman–Crippen MR) is 102 cm³/mol. The number of carbonyl (C=O) groups excluding carboxylic acids is 2. The van der Waals surface area contributed by atoms with Gasteiger partial charge in [0.15, 0.2) is 0 Å². The van der Waals surface area contributed by atoms with E-state index in [-0.39, 0.29) is 40.7 Å². The van der Waals surface area contributed by atoms with Gasteiger partial charge in [-0.1, -0.05) is 26.0 Å². The van der Waals surface area contributed by atoms with Gasteiger partial charge in [-0.2, -0.15) is 13.2 Å². The third-order valence-electron chi connectivity index (χ3n) is 4.02. The van der Waals surface area contributed by atoms with Crippen molar-refractivity contribution in [3.8, 4) is 0 Å². The Balaban J connectivity index is 2.08. The van der Waals surface area contributed by atoms with Gasteiger partial charge in [-0.25, -0.2) is 0 Å². The van der Waals surface area contributed by atoms with Gasteiger partial charge in [0.2, 0.25) is 0 Å². The zero-order chi connectivity index (χ0) is 20.9. The van der Waals surface area contributed by atoms with E-state index in [0.29, 0.717) is 16.8 Å². The zero-order valence-corrected chi connectivity index (χ0v) is 16.5. The topological polar surface area (TPSA) is 59.1 Å². The van der Waals surface area contributed by atoms with Crippen LogP contribution in [-0.2, 0) is 11.2 Å². The Bertz CT molecular complexity index is 853. The number of amides is 1. The van der Waals surface area contributed by atoms with Crippen LogP contribution in [0, 0.1) is 5.92 Å². The average molecular weight is 410 g/mol. The van der Waals surface area contributed by atoms with Crippen LogP contribution in [-0.4, -0.2) is 22.2 Å². The summed E-state index contributed by atoms with van der Waals surface area (Å²) < 4.78 is 37.6. The van der Waals surface area contributed by atoms with Gasteiger partial charge in [-0.3, -0.25) is 14.6 Å². The number of hydrogen-bond donors (Lipinski definition) is 1. The maximum atomic E-state index is 12.5. The standard InChI is InChI=1S/C20H21F3N2O2S/c1-12(2)18(26)11-16-9-15(7-8-24-16)19(27)25-13(3)14-5-4-6-17(10-14)28-20(21,22)23/h4-10,12-13H,11H2,1-3H3,(H,25,27). The number of Topliss-reactive ketones (excluding diaryl/α,β-unsaturated/α-hetero) is 1. The molecule has 0 aliphatic rings. The van der Waals surface area contributed by atoms with Crippen molar-refractivity contribution >= 4 is 23.5 Å². The molecule has 0 aliphatic carbocycles. The van der Waals surface area contributed by atoms with Gasteiger partial charge >= 0.3 is 5.51 Å². The summed E-state index contributed by atoms with van der Waals surface area (Å²) in [5.74, 6) is -0.486. The van der Waals surface area contributed by atoms with E-state index in [0.717, 1.165) is 0 Å². The molecule has 0 saturated heterocycles. The van der Waals surface area contributed by atoms with E-state index in [1.54, 1.807) is 32.9 Å². The molecular formula is C20H21F3N2O2S. The summed E-state index contributed by atoms with van der Waals surface area (Å²) in [5, 5.41) is 2.76. The highest BCUT2D eigenvalue weighted by molar-refractivity contribution is 8.00. The highest BCUT2D eigenvalue weighted by atomic mass is 32.2. The van der Waals surface area contributed by atoms with E-state index in [1.807, 2.05) is 0 Å². The van der Waals surface area contributed by atoms with E-state index in [9.17, 15) is 22.8 Å². The number of halogens is 3. The number of pyridine rings is 1. The largest absolute Gasteiger partial charge is 0.446 e. The maximum absolute atomic E-state index is 12.5. The van der Waals surface area contributed by atoms with Crippen LogP contribution in [0.3, 0.4) is 0 Å². The minimum Gasteiger partial charge on any atom is -0.346 e. The first-order chi connectivity index (χ1) is 13.0. The molecule has 1 unspecified atom stereocenters. The van der Waals surface area contributed by atoms with Gasteiger partial charge < -0.3 is 5.32 Å². The molecule has 2 aromatic rings. The van der Waals surface area contributed by atoms with Crippen molar-refractivity contribution in [3.63, 3.8) is 0 Å². The fourth-order valence-corrected chi connectivity index (χ4v) is 3.05. The first-order valence-electron chi connectivity index (χ1n) is 8.69. The number of aromatic nitrogens is 1. The number of rotatable bonds is 7. The molecule has 1 atom stereocenters. The Morgan fingerprint density at radius 3 is 2.50 bits per heavy atom. The molecule has 1 aromatic carbocycles. The highest BCUT2D eigenvalue weighted by Crippen LogP contribution is 2.37. The van der Waals surface area contributed by atoms with Gasteiger partial charge in [-0.15, -0.1) is 0 Å². The highest BCUT2D eigenvalue weighted by Gasteiger charge is 2.29. The van der Waals surface area contributed by atoms with Crippen molar-refractivity contribution in [1.82, 2.24) is 10.3 Å². The summed E-state index contributed by atoms with van der Waals surface area (Å²) in [7, 11) is 0. The van der Waals surface area contributed by atoms with Gasteiger partial charge in [0.1, 0.15) is 5.78 Å². The average Bonchev–Trinajstić information content (AvgIpc) is 2.60. The van der Waals surface area contributed by atoms with E-state index >= 15 is 0 Å². The zero-order valence-electron chi connectivity index (χ0n) is 15.7. The lowest BCUT2D eigenvalue weighted by Gasteiger charge is -2.16. The van der Waals surface area contributed by atoms with E-state index in [4.69, 9.17) is 0 Å². The summed E-state index contributed by atoms with van der Waals surface area (Å²) in [6, 6.07) is 8.55. The van der Waals surface area contributed by atoms with Crippen LogP contribution in [0.2, 0.25) is 0 Å². The summed E-state index contributed by atoms with van der Waals surface area (Å²) in [5.41, 5.74) is -2.96. The fourth-order valence-electron chi connectivity index (χ4n) is 2.44. The molecule has 0 saturated carbocycles. The third-order valence-corrected chi connectivity index (χ3v) is 4.74. The van der Waals surface area contributed by atoms with E-state index in [1.165, 1.54) is 30.5 Å². The molecule has 0 bridgehead atoms. The number of thioether (sulfide) groups is 1. The fraction of sp³-hybridized carbons (Fsp3) is 0.350. The second-order valence-corrected chi connectivity index (χ2v) is 7.79. The lowest BCUT2D eigenvalue weighted by Crippen LogP contribution is -2.27. The molecule has 1 heterocycles. The van der Waals surface area contributed by atoms with Gasteiger partial charge in [0.25, 0.3) is 5.91 Å². The number of hydrogen-bond acceptors (Lipinski definition) is 4. The van der Waals surface area contributed by atoms with E-state index in [2.05, 4.69) is 10.3 Å². The molecule has 2 rings (SSSR count). The van der Waals surface area contributed by atoms with Crippen molar-refractivity contribution in [1.29, 1.82) is 0 Å². The van der Waals surface area contributed by atoms with Crippen LogP contribution in [0.5, 0.6) is 0 Å². The van der Waals surface area contributed by atoms with Crippen molar-refractivity contribution in [2.45, 2.75) is 43.6 Å². The lowest BCUT2D eigenvalue weighted by molar-refractivity contribution is -0.121. The smallest absolute Gasteiger partial charge is 0.346 e. The number of nitrogens with one attached hydrogen (secondary N) is 1. The number of ketones is 1. The Morgan fingerprint density at radius 1 is 1.14 bits per heavy atom. The Morgan fingerprint density at radius 2 is 1.86 bits per heavy atom. The monoisotopic (exact) mass is 410 g/mol. The summed E-state index contributed by atoms with van der Waals surface area (Å²) >= 11 is -0.195. The molecule has 150 valence electrons. The van der Waals surface area contributed by atoms with Crippen LogP contribution in [0.4, 0.5) is 13.2 Å². The molecular weight excluding hydrogens is 389 g/mol. The maximum Gasteiger partial charge on any atom is 0.446 e. The minimum atomic E-state index is -4.37. The minimum absolute atomic E-state index is 0.0254. The molecule has 4 nitrogen and oxygen atoms in total. The van der Waals surface area contributed by atoms with E-state index < -0.39 is 11.6 Å². The van der Waals surface area contributed by atoms with Crippen LogP contribution < -0.4 is 5.32 Å². The van der Waals surface area contributed by atoms with Gasteiger partial charge in [0.05, 0.1) is 6.04 Å². The summed E-state index contributed by atoms with van der Waals surface area (Å²) in [4.78, 5) is 28.5. The summed E-state index contributed by atoms with van der Waals surface area (Å²) in [6.07, 6.45) is 1.61. The lowest BCUT2D eigenvalue weighted by atomic mass is 10.0.